The third-order valence-electron chi connectivity index (χ3n) is 3.44. The lowest BCUT2D eigenvalue weighted by Crippen LogP contribution is -2.15. The highest BCUT2D eigenvalue weighted by Crippen LogP contribution is 2.23. The molecule has 26 heavy (non-hydrogen) atoms. The summed E-state index contributed by atoms with van der Waals surface area (Å²) in [4.78, 5) is 28.3. The van der Waals surface area contributed by atoms with Crippen molar-refractivity contribution in [2.24, 2.45) is 0 Å². The number of aryl methyl sites for hydroxylation is 2. The molecule has 0 bridgehead atoms. The molecule has 0 aliphatic carbocycles. The summed E-state index contributed by atoms with van der Waals surface area (Å²) in [6, 6.07) is 11.0. The number of amides is 1. The number of aromatic nitrogens is 1. The lowest BCUT2D eigenvalue weighted by Gasteiger charge is -2.09. The molecule has 0 fully saturated rings. The maximum Gasteiger partial charge on any atom is 0.340 e. The third-order valence-corrected chi connectivity index (χ3v) is 4.43. The molecule has 1 aromatic heterocycles. The minimum Gasteiger partial charge on any atom is -0.462 e. The van der Waals surface area contributed by atoms with Crippen molar-refractivity contribution in [3.05, 3.63) is 52.7 Å². The number of benzene rings is 1. The number of ether oxygens (including phenoxy) is 1. The summed E-state index contributed by atoms with van der Waals surface area (Å²) in [7, 11) is 0. The number of nitrogens with zero attached hydrogens (tertiary/aromatic N) is 2. The molecule has 0 radical (unpaired) electrons. The molecule has 1 N–H and O–H groups in total. The van der Waals surface area contributed by atoms with E-state index in [9.17, 15) is 14.9 Å². The summed E-state index contributed by atoms with van der Waals surface area (Å²) in [6.07, 6.45) is 0. The number of thioether (sulfide) groups is 1. The van der Waals surface area contributed by atoms with Gasteiger partial charge < -0.3 is 10.1 Å². The SMILES string of the molecule is CCOC(=O)c1cc(C#N)c(SCC(=O)Nc2cccc(C)c2)nc1C. The number of hydrogen-bond acceptors (Lipinski definition) is 6. The fourth-order valence-corrected chi connectivity index (χ4v) is 3.04. The van der Waals surface area contributed by atoms with E-state index in [1.807, 2.05) is 37.3 Å². The number of nitrogens with one attached hydrogen (secondary N) is 1. The Labute approximate surface area is 156 Å². The third kappa shape index (κ3) is 5.07. The largest absolute Gasteiger partial charge is 0.462 e. The van der Waals surface area contributed by atoms with E-state index in [0.717, 1.165) is 23.0 Å². The van der Waals surface area contributed by atoms with E-state index in [-0.39, 0.29) is 29.4 Å². The molecule has 2 rings (SSSR count). The molecule has 1 aromatic carbocycles. The van der Waals surface area contributed by atoms with Gasteiger partial charge in [0.1, 0.15) is 11.1 Å². The van der Waals surface area contributed by atoms with Crippen molar-refractivity contribution in [3.63, 3.8) is 0 Å². The van der Waals surface area contributed by atoms with Gasteiger partial charge in [0.05, 0.1) is 29.2 Å². The van der Waals surface area contributed by atoms with Crippen LogP contribution in [-0.2, 0) is 9.53 Å². The monoisotopic (exact) mass is 369 g/mol. The van der Waals surface area contributed by atoms with E-state index >= 15 is 0 Å². The summed E-state index contributed by atoms with van der Waals surface area (Å²) < 4.78 is 4.96. The Morgan fingerprint density at radius 3 is 2.73 bits per heavy atom. The number of pyridine rings is 1. The Hall–Kier alpha value is -2.85. The number of carbonyl (C=O) groups is 2. The minimum atomic E-state index is -0.511. The Balaban J connectivity index is 2.09. The first kappa shape index (κ1) is 19.5. The zero-order chi connectivity index (χ0) is 19.1. The van der Waals surface area contributed by atoms with Crippen LogP contribution in [0.25, 0.3) is 0 Å². The van der Waals surface area contributed by atoms with Crippen molar-refractivity contribution in [1.82, 2.24) is 4.98 Å². The summed E-state index contributed by atoms with van der Waals surface area (Å²) in [5.41, 5.74) is 2.74. The van der Waals surface area contributed by atoms with Crippen LogP contribution >= 0.6 is 11.8 Å². The molecule has 0 saturated carbocycles. The van der Waals surface area contributed by atoms with E-state index in [1.54, 1.807) is 13.8 Å². The van der Waals surface area contributed by atoms with Crippen molar-refractivity contribution >= 4 is 29.3 Å². The van der Waals surface area contributed by atoms with Gasteiger partial charge in [-0.05, 0) is 44.5 Å². The van der Waals surface area contributed by atoms with Crippen LogP contribution in [0.1, 0.15) is 34.1 Å². The molecule has 2 aromatic rings. The molecule has 0 atom stereocenters. The molecular formula is C19H19N3O3S. The van der Waals surface area contributed by atoms with Gasteiger partial charge in [-0.2, -0.15) is 5.26 Å². The molecular weight excluding hydrogens is 350 g/mol. The zero-order valence-corrected chi connectivity index (χ0v) is 15.6. The predicted molar refractivity (Wildman–Crippen MR) is 100 cm³/mol. The maximum absolute atomic E-state index is 12.1. The molecule has 0 unspecified atom stereocenters. The molecule has 134 valence electrons. The van der Waals surface area contributed by atoms with Gasteiger partial charge in [-0.25, -0.2) is 9.78 Å². The highest BCUT2D eigenvalue weighted by molar-refractivity contribution is 8.00. The van der Waals surface area contributed by atoms with Crippen LogP contribution in [0.3, 0.4) is 0 Å². The number of hydrogen-bond donors (Lipinski definition) is 1. The highest BCUT2D eigenvalue weighted by Gasteiger charge is 2.17. The van der Waals surface area contributed by atoms with Gasteiger partial charge in [0.2, 0.25) is 5.91 Å². The fourth-order valence-electron chi connectivity index (χ4n) is 2.24. The van der Waals surface area contributed by atoms with E-state index < -0.39 is 5.97 Å². The summed E-state index contributed by atoms with van der Waals surface area (Å²) in [5.74, 6) is -0.602. The molecule has 0 aliphatic rings. The molecule has 0 saturated heterocycles. The summed E-state index contributed by atoms with van der Waals surface area (Å²) in [5, 5.41) is 12.5. The van der Waals surface area contributed by atoms with Gasteiger partial charge in [-0.1, -0.05) is 23.9 Å². The normalized spacial score (nSPS) is 10.1. The first-order valence-electron chi connectivity index (χ1n) is 8.02. The molecule has 1 amide bonds. The van der Waals surface area contributed by atoms with Crippen molar-refractivity contribution in [1.29, 1.82) is 5.26 Å². The Kier molecular flexibility index (Phi) is 6.75. The molecule has 0 spiro atoms. The van der Waals surface area contributed by atoms with Gasteiger partial charge in [0.25, 0.3) is 0 Å². The van der Waals surface area contributed by atoms with Gasteiger partial charge in [0.15, 0.2) is 0 Å². The quantitative estimate of drug-likeness (QED) is 0.619. The fraction of sp³-hybridized carbons (Fsp3) is 0.263. The van der Waals surface area contributed by atoms with Crippen LogP contribution in [0, 0.1) is 25.2 Å². The van der Waals surface area contributed by atoms with Crippen LogP contribution in [0.4, 0.5) is 5.69 Å². The number of nitriles is 1. The first-order valence-corrected chi connectivity index (χ1v) is 9.01. The van der Waals surface area contributed by atoms with E-state index in [4.69, 9.17) is 4.74 Å². The molecule has 7 heteroatoms. The second-order valence-electron chi connectivity index (χ2n) is 5.51. The second-order valence-corrected chi connectivity index (χ2v) is 6.48. The van der Waals surface area contributed by atoms with E-state index in [1.165, 1.54) is 6.07 Å². The van der Waals surface area contributed by atoms with Crippen LogP contribution in [0.5, 0.6) is 0 Å². The van der Waals surface area contributed by atoms with Gasteiger partial charge in [-0.15, -0.1) is 0 Å². The minimum absolute atomic E-state index is 0.105. The first-order chi connectivity index (χ1) is 12.4. The lowest BCUT2D eigenvalue weighted by atomic mass is 10.1. The average molecular weight is 369 g/mol. The standard InChI is InChI=1S/C19H19N3O3S/c1-4-25-19(24)16-9-14(10-20)18(21-13(16)3)26-11-17(23)22-15-7-5-6-12(2)8-15/h5-9H,4,11H2,1-3H3,(H,22,23). The van der Waals surface area contributed by atoms with Crippen LogP contribution in [0.15, 0.2) is 35.4 Å². The Bertz CT molecular complexity index is 875. The summed E-state index contributed by atoms with van der Waals surface area (Å²) in [6.45, 7) is 5.57. The van der Waals surface area contributed by atoms with Crippen LogP contribution in [0.2, 0.25) is 0 Å². The topological polar surface area (TPSA) is 92.1 Å². The average Bonchev–Trinajstić information content (AvgIpc) is 2.60. The van der Waals surface area contributed by atoms with Crippen LogP contribution in [-0.4, -0.2) is 29.2 Å². The Morgan fingerprint density at radius 1 is 1.31 bits per heavy atom. The maximum atomic E-state index is 12.1. The van der Waals surface area contributed by atoms with Crippen molar-refractivity contribution in [2.45, 2.75) is 25.8 Å². The Morgan fingerprint density at radius 2 is 2.08 bits per heavy atom. The van der Waals surface area contributed by atoms with Gasteiger partial charge >= 0.3 is 5.97 Å². The van der Waals surface area contributed by atoms with E-state index in [2.05, 4.69) is 10.3 Å². The highest BCUT2D eigenvalue weighted by atomic mass is 32.2. The van der Waals surface area contributed by atoms with Gasteiger partial charge in [-0.3, -0.25) is 4.79 Å². The van der Waals surface area contributed by atoms with Crippen molar-refractivity contribution in [3.8, 4) is 6.07 Å². The van der Waals surface area contributed by atoms with E-state index in [0.29, 0.717) is 10.7 Å². The smallest absolute Gasteiger partial charge is 0.340 e. The number of rotatable bonds is 6. The molecule has 6 nitrogen and oxygen atoms in total. The zero-order valence-electron chi connectivity index (χ0n) is 14.8. The summed E-state index contributed by atoms with van der Waals surface area (Å²) >= 11 is 1.15. The van der Waals surface area contributed by atoms with Crippen LogP contribution < -0.4 is 5.32 Å². The second kappa shape index (κ2) is 9.02. The lowest BCUT2D eigenvalue weighted by molar-refractivity contribution is -0.113. The predicted octanol–water partition coefficient (Wildman–Crippen LogP) is 3.48. The van der Waals surface area contributed by atoms with Crippen molar-refractivity contribution in [2.75, 3.05) is 17.7 Å². The number of anilines is 1. The number of esters is 1. The number of carbonyl (C=O) groups excluding carboxylic acids is 2. The molecule has 1 heterocycles. The van der Waals surface area contributed by atoms with Crippen molar-refractivity contribution < 1.29 is 14.3 Å². The molecule has 0 aliphatic heterocycles. The van der Waals surface area contributed by atoms with Gasteiger partial charge in [0, 0.05) is 5.69 Å².